The van der Waals surface area contributed by atoms with E-state index in [1.807, 2.05) is 0 Å². The molecule has 2 N–H and O–H groups in total. The highest BCUT2D eigenvalue weighted by atomic mass is 19.1. The molecule has 0 radical (unpaired) electrons. The molecule has 0 unspecified atom stereocenters. The quantitative estimate of drug-likeness (QED) is 0.768. The minimum absolute atomic E-state index is 0.108. The molecule has 2 rings (SSSR count). The molecule has 0 aromatic heterocycles. The fraction of sp³-hybridized carbons (Fsp3) is 0.579. The number of hydrogen-bond donors (Lipinski definition) is 2. The van der Waals surface area contributed by atoms with E-state index in [2.05, 4.69) is 17.6 Å². The second-order valence-electron chi connectivity index (χ2n) is 6.84. The van der Waals surface area contributed by atoms with E-state index in [-0.39, 0.29) is 23.2 Å². The van der Waals surface area contributed by atoms with Crippen LogP contribution in [0.25, 0.3) is 0 Å². The smallest absolute Gasteiger partial charge is 0.227 e. The average molecular weight is 352 g/mol. The maximum Gasteiger partial charge on any atom is 0.227 e. The van der Waals surface area contributed by atoms with Crippen molar-refractivity contribution < 1.29 is 18.4 Å². The summed E-state index contributed by atoms with van der Waals surface area (Å²) in [6.45, 7) is 3.41. The molecule has 1 fully saturated rings. The Bertz CT molecular complexity index is 626. The summed E-state index contributed by atoms with van der Waals surface area (Å²) in [4.78, 5) is 23.5. The van der Waals surface area contributed by atoms with Gasteiger partial charge in [0.2, 0.25) is 11.8 Å². The monoisotopic (exact) mass is 352 g/mol. The van der Waals surface area contributed by atoms with Gasteiger partial charge in [0, 0.05) is 18.9 Å². The Hall–Kier alpha value is -1.98. The number of nitrogens with one attached hydrogen (secondary N) is 2. The van der Waals surface area contributed by atoms with Crippen molar-refractivity contribution in [2.45, 2.75) is 58.8 Å². The molecule has 0 atom stereocenters. The van der Waals surface area contributed by atoms with Gasteiger partial charge in [-0.05, 0) is 37.7 Å². The number of hydrogen-bond acceptors (Lipinski definition) is 2. The first-order valence-corrected chi connectivity index (χ1v) is 8.98. The first-order chi connectivity index (χ1) is 11.9. The Morgan fingerprint density at radius 2 is 1.64 bits per heavy atom. The summed E-state index contributed by atoms with van der Waals surface area (Å²) < 4.78 is 27.6. The number of carbonyl (C=O) groups excluding carboxylic acids is 2. The molecule has 0 spiro atoms. The molecule has 138 valence electrons. The van der Waals surface area contributed by atoms with Crippen molar-refractivity contribution in [1.29, 1.82) is 0 Å². The highest BCUT2D eigenvalue weighted by molar-refractivity contribution is 5.94. The number of anilines is 2. The lowest BCUT2D eigenvalue weighted by molar-refractivity contribution is -0.121. The van der Waals surface area contributed by atoms with Crippen molar-refractivity contribution in [1.82, 2.24) is 0 Å². The molecule has 0 bridgehead atoms. The van der Waals surface area contributed by atoms with Gasteiger partial charge in [0.25, 0.3) is 0 Å². The fourth-order valence-electron chi connectivity index (χ4n) is 3.37. The van der Waals surface area contributed by atoms with E-state index < -0.39 is 17.5 Å². The summed E-state index contributed by atoms with van der Waals surface area (Å²) in [5.74, 6) is -1.90. The van der Waals surface area contributed by atoms with Crippen LogP contribution >= 0.6 is 0 Å². The summed E-state index contributed by atoms with van der Waals surface area (Å²) in [7, 11) is 0. The van der Waals surface area contributed by atoms with Crippen molar-refractivity contribution in [3.05, 3.63) is 23.8 Å². The Morgan fingerprint density at radius 1 is 1.04 bits per heavy atom. The molecule has 25 heavy (non-hydrogen) atoms. The van der Waals surface area contributed by atoms with Gasteiger partial charge in [0.05, 0.1) is 11.4 Å². The third kappa shape index (κ3) is 5.51. The average Bonchev–Trinajstić information content (AvgIpc) is 2.57. The van der Waals surface area contributed by atoms with Crippen LogP contribution in [-0.2, 0) is 9.59 Å². The minimum atomic E-state index is -0.873. The van der Waals surface area contributed by atoms with Crippen LogP contribution < -0.4 is 10.6 Å². The van der Waals surface area contributed by atoms with Crippen molar-refractivity contribution in [2.24, 2.45) is 11.8 Å². The standard InChI is InChI=1S/C19H26F2N2O2/c1-3-4-5-13-6-8-14(9-7-13)19(25)23-18-11-17(22-12(2)24)15(20)10-16(18)21/h10-11,13-14H,3-9H2,1-2H3,(H,22,24)(H,23,25). The third-order valence-electron chi connectivity index (χ3n) is 4.81. The summed E-state index contributed by atoms with van der Waals surface area (Å²) in [5.41, 5.74) is -0.254. The maximum atomic E-state index is 13.9. The SMILES string of the molecule is CCCCC1CCC(C(=O)Nc2cc(NC(C)=O)c(F)cc2F)CC1. The molecule has 4 nitrogen and oxygen atoms in total. The lowest BCUT2D eigenvalue weighted by Crippen LogP contribution is -2.27. The lowest BCUT2D eigenvalue weighted by Gasteiger charge is -2.27. The van der Waals surface area contributed by atoms with Crippen molar-refractivity contribution in [2.75, 3.05) is 10.6 Å². The predicted molar refractivity (Wildman–Crippen MR) is 94.3 cm³/mol. The van der Waals surface area contributed by atoms with E-state index in [1.54, 1.807) is 0 Å². The summed E-state index contributed by atoms with van der Waals surface area (Å²) in [6, 6.07) is 1.79. The molecule has 1 saturated carbocycles. The number of benzene rings is 1. The first kappa shape index (κ1) is 19.3. The van der Waals surface area contributed by atoms with Gasteiger partial charge in [-0.15, -0.1) is 0 Å². The van der Waals surface area contributed by atoms with Gasteiger partial charge in [-0.3, -0.25) is 9.59 Å². The van der Waals surface area contributed by atoms with E-state index >= 15 is 0 Å². The number of carbonyl (C=O) groups is 2. The van der Waals surface area contributed by atoms with Crippen LogP contribution in [0.4, 0.5) is 20.2 Å². The number of amides is 2. The number of halogens is 2. The van der Waals surface area contributed by atoms with Crippen molar-refractivity contribution in [3.8, 4) is 0 Å². The maximum absolute atomic E-state index is 13.9. The highest BCUT2D eigenvalue weighted by Crippen LogP contribution is 2.33. The van der Waals surface area contributed by atoms with Crippen LogP contribution in [0.5, 0.6) is 0 Å². The first-order valence-electron chi connectivity index (χ1n) is 8.98. The highest BCUT2D eigenvalue weighted by Gasteiger charge is 2.26. The number of unbranched alkanes of at least 4 members (excludes halogenated alkanes) is 1. The zero-order chi connectivity index (χ0) is 18.4. The molecule has 0 aliphatic heterocycles. The summed E-state index contributed by atoms with van der Waals surface area (Å²) >= 11 is 0. The Kier molecular flexibility index (Phi) is 6.91. The molecule has 1 aromatic carbocycles. The van der Waals surface area contributed by atoms with Crippen molar-refractivity contribution in [3.63, 3.8) is 0 Å². The van der Waals surface area contributed by atoms with E-state index in [0.717, 1.165) is 31.7 Å². The number of rotatable bonds is 6. The largest absolute Gasteiger partial charge is 0.324 e. The van der Waals surface area contributed by atoms with Crippen LogP contribution in [0.2, 0.25) is 0 Å². The van der Waals surface area contributed by atoms with Crippen LogP contribution in [-0.4, -0.2) is 11.8 Å². The summed E-state index contributed by atoms with van der Waals surface area (Å²) in [6.07, 6.45) is 7.22. The molecule has 1 aliphatic carbocycles. The van der Waals surface area contributed by atoms with Crippen molar-refractivity contribution >= 4 is 23.2 Å². The fourth-order valence-corrected chi connectivity index (χ4v) is 3.37. The van der Waals surface area contributed by atoms with Gasteiger partial charge in [0.15, 0.2) is 0 Å². The van der Waals surface area contributed by atoms with Gasteiger partial charge >= 0.3 is 0 Å². The van der Waals surface area contributed by atoms with E-state index in [4.69, 9.17) is 0 Å². The second kappa shape index (κ2) is 8.92. The molecular weight excluding hydrogens is 326 g/mol. The van der Waals surface area contributed by atoms with Gasteiger partial charge < -0.3 is 10.6 Å². The van der Waals surface area contributed by atoms with E-state index in [0.29, 0.717) is 12.0 Å². The van der Waals surface area contributed by atoms with Crippen LogP contribution in [0, 0.1) is 23.5 Å². The van der Waals surface area contributed by atoms with Crippen LogP contribution in [0.3, 0.4) is 0 Å². The molecule has 6 heteroatoms. The molecule has 0 saturated heterocycles. The third-order valence-corrected chi connectivity index (χ3v) is 4.81. The molecule has 0 heterocycles. The van der Waals surface area contributed by atoms with Crippen LogP contribution in [0.1, 0.15) is 58.8 Å². The molecule has 2 amide bonds. The molecule has 1 aromatic rings. The predicted octanol–water partition coefficient (Wildman–Crippen LogP) is 4.86. The second-order valence-corrected chi connectivity index (χ2v) is 6.84. The topological polar surface area (TPSA) is 58.2 Å². The van der Waals surface area contributed by atoms with Gasteiger partial charge in [-0.1, -0.05) is 26.2 Å². The molecular formula is C19H26F2N2O2. The van der Waals surface area contributed by atoms with Gasteiger partial charge in [0.1, 0.15) is 11.6 Å². The minimum Gasteiger partial charge on any atom is -0.324 e. The Balaban J connectivity index is 1.97. The molecule has 1 aliphatic rings. The normalized spacial score (nSPS) is 20.2. The Morgan fingerprint density at radius 3 is 2.20 bits per heavy atom. The zero-order valence-electron chi connectivity index (χ0n) is 14.8. The van der Waals surface area contributed by atoms with Gasteiger partial charge in [-0.2, -0.15) is 0 Å². The Labute approximate surface area is 147 Å². The zero-order valence-corrected chi connectivity index (χ0v) is 14.8. The van der Waals surface area contributed by atoms with E-state index in [1.165, 1.54) is 26.2 Å². The lowest BCUT2D eigenvalue weighted by atomic mass is 9.79. The summed E-state index contributed by atoms with van der Waals surface area (Å²) in [5, 5.41) is 4.83. The van der Waals surface area contributed by atoms with Gasteiger partial charge in [-0.25, -0.2) is 8.78 Å². The van der Waals surface area contributed by atoms with E-state index in [9.17, 15) is 18.4 Å². The van der Waals surface area contributed by atoms with Crippen LogP contribution in [0.15, 0.2) is 12.1 Å².